The monoisotopic (exact) mass is 814 g/mol. The van der Waals surface area contributed by atoms with Crippen LogP contribution in [0.4, 0.5) is 0 Å². The van der Waals surface area contributed by atoms with Crippen LogP contribution >= 0.6 is 0 Å². The molecule has 0 fully saturated rings. The van der Waals surface area contributed by atoms with E-state index in [1.807, 2.05) is 0 Å². The van der Waals surface area contributed by atoms with E-state index < -0.39 is 28.0 Å². The average Bonchev–Trinajstić information content (AvgIpc) is 3.18. The molecule has 0 heterocycles. The van der Waals surface area contributed by atoms with Gasteiger partial charge < -0.3 is 10.4 Å². The molecule has 0 bridgehead atoms. The summed E-state index contributed by atoms with van der Waals surface area (Å²) < 4.78 is 32.6. The van der Waals surface area contributed by atoms with Crippen molar-refractivity contribution < 1.29 is 22.9 Å². The van der Waals surface area contributed by atoms with Crippen molar-refractivity contribution >= 4 is 16.0 Å². The molecule has 2 unspecified atom stereocenters. The molecule has 2 atom stereocenters. The highest BCUT2D eigenvalue weighted by molar-refractivity contribution is 7.85. The molecule has 0 spiro atoms. The SMILES string of the molecule is CC/C=C\C/C=C\C/C=C\C/C=C\CCCCCCCCCCCCC(=O)NC(CS(=O)(=O)O)C(O)/C=C/CC/C=C/CC/C=C/CCCCCCCCCCC. The van der Waals surface area contributed by atoms with E-state index in [2.05, 4.69) is 92.1 Å². The van der Waals surface area contributed by atoms with E-state index >= 15 is 0 Å². The van der Waals surface area contributed by atoms with Crippen LogP contribution in [0.1, 0.15) is 206 Å². The van der Waals surface area contributed by atoms with Gasteiger partial charge in [0, 0.05) is 6.42 Å². The molecule has 0 aromatic carbocycles. The number of unbranched alkanes of at least 4 members (excludes halogenated alkanes) is 21. The number of hydrogen-bond donors (Lipinski definition) is 3. The summed E-state index contributed by atoms with van der Waals surface area (Å²) in [4.78, 5) is 12.6. The van der Waals surface area contributed by atoms with Gasteiger partial charge in [0.15, 0.2) is 0 Å². The Labute approximate surface area is 352 Å². The first kappa shape index (κ1) is 54.5. The van der Waals surface area contributed by atoms with Crippen LogP contribution in [-0.4, -0.2) is 41.9 Å². The second-order valence-corrected chi connectivity index (χ2v) is 17.1. The molecule has 7 heteroatoms. The van der Waals surface area contributed by atoms with Gasteiger partial charge in [0.05, 0.1) is 17.9 Å². The summed E-state index contributed by atoms with van der Waals surface area (Å²) in [6, 6.07) is -1.09. The van der Waals surface area contributed by atoms with E-state index in [0.29, 0.717) is 6.42 Å². The van der Waals surface area contributed by atoms with E-state index in [9.17, 15) is 22.9 Å². The van der Waals surface area contributed by atoms with E-state index in [1.54, 1.807) is 6.08 Å². The van der Waals surface area contributed by atoms with Crippen LogP contribution in [0.25, 0.3) is 0 Å². The van der Waals surface area contributed by atoms with Crippen molar-refractivity contribution in [1.82, 2.24) is 5.32 Å². The van der Waals surface area contributed by atoms with Gasteiger partial charge in [-0.3, -0.25) is 9.35 Å². The molecule has 57 heavy (non-hydrogen) atoms. The van der Waals surface area contributed by atoms with Gasteiger partial charge in [-0.15, -0.1) is 0 Å². The normalized spacial score (nSPS) is 14.0. The quantitative estimate of drug-likeness (QED) is 0.0324. The summed E-state index contributed by atoms with van der Waals surface area (Å²) in [5.74, 6) is -1.02. The van der Waals surface area contributed by atoms with E-state index in [-0.39, 0.29) is 12.3 Å². The molecular weight excluding hydrogens is 727 g/mol. The molecule has 0 saturated heterocycles. The molecule has 0 aromatic rings. The van der Waals surface area contributed by atoms with Crippen LogP contribution in [-0.2, 0) is 14.9 Å². The number of carbonyl (C=O) groups excluding carboxylic acids is 1. The van der Waals surface area contributed by atoms with Gasteiger partial charge >= 0.3 is 0 Å². The Morgan fingerprint density at radius 1 is 0.491 bits per heavy atom. The molecule has 328 valence electrons. The summed E-state index contributed by atoms with van der Waals surface area (Å²) in [7, 11) is -4.37. The standard InChI is InChI=1S/C50H87NO5S/c1-3-5-7-9-11-13-15-17-19-21-23-24-25-26-28-30-32-34-36-38-40-42-44-46-50(53)51-48(47-57(54,55)56)49(52)45-43-41-39-37-35-33-31-29-27-22-20-18-16-14-12-10-8-6-4-2/h5,7,11,13,17,19,23-24,27,29,35,37,43,45,48-49,52H,3-4,6,8-10,12,14-16,18,20-22,25-26,28,30-34,36,38-42,44,46-47H2,1-2H3,(H,51,53)(H,54,55,56)/b7-5-,13-11-,19-17-,24-23-,29-27+,37-35+,45-43+. The number of allylic oxidation sites excluding steroid dienone is 13. The van der Waals surface area contributed by atoms with Crippen molar-refractivity contribution in [1.29, 1.82) is 0 Å². The van der Waals surface area contributed by atoms with Gasteiger partial charge in [0.25, 0.3) is 10.1 Å². The molecule has 0 aliphatic carbocycles. The van der Waals surface area contributed by atoms with Gasteiger partial charge in [-0.25, -0.2) is 0 Å². The fourth-order valence-electron chi connectivity index (χ4n) is 6.59. The first-order chi connectivity index (χ1) is 27.8. The molecule has 0 saturated carbocycles. The summed E-state index contributed by atoms with van der Waals surface area (Å²) in [6.07, 6.45) is 62.9. The fourth-order valence-corrected chi connectivity index (χ4v) is 7.32. The van der Waals surface area contributed by atoms with Crippen molar-refractivity contribution in [3.05, 3.63) is 85.1 Å². The third-order valence-electron chi connectivity index (χ3n) is 10.0. The van der Waals surface area contributed by atoms with Crippen molar-refractivity contribution in [3.63, 3.8) is 0 Å². The largest absolute Gasteiger partial charge is 0.387 e. The van der Waals surface area contributed by atoms with Crippen molar-refractivity contribution in [3.8, 4) is 0 Å². The van der Waals surface area contributed by atoms with Crippen LogP contribution in [0.2, 0.25) is 0 Å². The Hall–Kier alpha value is -2.48. The molecule has 1 amide bonds. The summed E-state index contributed by atoms with van der Waals surface area (Å²) >= 11 is 0. The van der Waals surface area contributed by atoms with Crippen LogP contribution in [0.3, 0.4) is 0 Å². The molecular formula is C50H87NO5S. The minimum Gasteiger partial charge on any atom is -0.387 e. The lowest BCUT2D eigenvalue weighted by Gasteiger charge is -2.21. The Morgan fingerprint density at radius 3 is 1.32 bits per heavy atom. The first-order valence-electron chi connectivity index (χ1n) is 23.3. The van der Waals surface area contributed by atoms with Crippen molar-refractivity contribution in [2.45, 2.75) is 219 Å². The minimum atomic E-state index is -4.37. The van der Waals surface area contributed by atoms with E-state index in [4.69, 9.17) is 0 Å². The number of carbonyl (C=O) groups is 1. The number of aliphatic hydroxyl groups is 1. The predicted molar refractivity (Wildman–Crippen MR) is 248 cm³/mol. The molecule has 6 nitrogen and oxygen atoms in total. The van der Waals surface area contributed by atoms with Crippen molar-refractivity contribution in [2.24, 2.45) is 0 Å². The molecule has 0 radical (unpaired) electrons. The number of aliphatic hydroxyl groups excluding tert-OH is 1. The lowest BCUT2D eigenvalue weighted by molar-refractivity contribution is -0.122. The topological polar surface area (TPSA) is 104 Å². The van der Waals surface area contributed by atoms with Crippen molar-refractivity contribution in [2.75, 3.05) is 5.75 Å². The fraction of sp³-hybridized carbons (Fsp3) is 0.700. The molecule has 0 aliphatic heterocycles. The highest BCUT2D eigenvalue weighted by atomic mass is 32.2. The summed E-state index contributed by atoms with van der Waals surface area (Å²) in [5, 5.41) is 13.2. The predicted octanol–water partition coefficient (Wildman–Crippen LogP) is 14.4. The summed E-state index contributed by atoms with van der Waals surface area (Å²) in [6.45, 7) is 4.42. The maximum absolute atomic E-state index is 12.6. The number of hydrogen-bond acceptors (Lipinski definition) is 4. The zero-order valence-corrected chi connectivity index (χ0v) is 37.5. The van der Waals surface area contributed by atoms with Gasteiger partial charge in [0.2, 0.25) is 5.91 Å². The molecule has 3 N–H and O–H groups in total. The van der Waals surface area contributed by atoms with Gasteiger partial charge in [-0.2, -0.15) is 8.42 Å². The number of nitrogens with one attached hydrogen (secondary N) is 1. The Morgan fingerprint density at radius 2 is 0.860 bits per heavy atom. The third-order valence-corrected chi connectivity index (χ3v) is 10.8. The van der Waals surface area contributed by atoms with Crippen LogP contribution in [0.15, 0.2) is 85.1 Å². The third kappa shape index (κ3) is 44.5. The Kier molecular flexibility index (Phi) is 41.2. The Bertz CT molecular complexity index is 1210. The zero-order chi connectivity index (χ0) is 41.8. The van der Waals surface area contributed by atoms with Crippen LogP contribution < -0.4 is 5.32 Å². The highest BCUT2D eigenvalue weighted by Gasteiger charge is 2.24. The summed E-state index contributed by atoms with van der Waals surface area (Å²) in [5.41, 5.74) is 0. The van der Waals surface area contributed by atoms with Crippen LogP contribution in [0, 0.1) is 0 Å². The highest BCUT2D eigenvalue weighted by Crippen LogP contribution is 2.14. The second kappa shape index (κ2) is 43.1. The van der Waals surface area contributed by atoms with Gasteiger partial charge in [0.1, 0.15) is 0 Å². The first-order valence-corrected chi connectivity index (χ1v) is 24.9. The van der Waals surface area contributed by atoms with Gasteiger partial charge in [-0.1, -0.05) is 202 Å². The lowest BCUT2D eigenvalue weighted by atomic mass is 10.0. The maximum atomic E-state index is 12.6. The van der Waals surface area contributed by atoms with E-state index in [0.717, 1.165) is 77.0 Å². The number of amides is 1. The van der Waals surface area contributed by atoms with Gasteiger partial charge in [-0.05, 0) is 83.5 Å². The average molecular weight is 814 g/mol. The number of rotatable bonds is 41. The zero-order valence-electron chi connectivity index (χ0n) is 36.7. The second-order valence-electron chi connectivity index (χ2n) is 15.6. The van der Waals surface area contributed by atoms with E-state index in [1.165, 1.54) is 109 Å². The lowest BCUT2D eigenvalue weighted by Crippen LogP contribution is -2.46. The smallest absolute Gasteiger partial charge is 0.267 e. The van der Waals surface area contributed by atoms with Crippen LogP contribution in [0.5, 0.6) is 0 Å². The molecule has 0 aliphatic rings. The molecule has 0 rings (SSSR count). The molecule has 0 aromatic heterocycles. The maximum Gasteiger partial charge on any atom is 0.267 e. The Balaban J connectivity index is 3.94. The minimum absolute atomic E-state index is 0.275.